The Bertz CT molecular complexity index is 356. The van der Waals surface area contributed by atoms with Crippen molar-refractivity contribution < 1.29 is 23.4 Å². The number of carbonyl (C=O) groups is 1. The number of ether oxygens (including phenoxy) is 1. The quantitative estimate of drug-likeness (QED) is 0.804. The first kappa shape index (κ1) is 10.4. The zero-order valence-electron chi connectivity index (χ0n) is 7.20. The Morgan fingerprint density at radius 2 is 2.36 bits per heavy atom. The number of aliphatic carboxylic acids is 1. The maximum Gasteiger partial charge on any atom is 0.343 e. The van der Waals surface area contributed by atoms with Crippen LogP contribution in [0.3, 0.4) is 0 Å². The zero-order valence-corrected chi connectivity index (χ0v) is 7.20. The van der Waals surface area contributed by atoms with Gasteiger partial charge < -0.3 is 9.84 Å². The van der Waals surface area contributed by atoms with Crippen molar-refractivity contribution in [3.8, 4) is 5.88 Å². The molecule has 1 unspecified atom stereocenters. The highest BCUT2D eigenvalue weighted by molar-refractivity contribution is 5.74. The topological polar surface area (TPSA) is 59.4 Å². The van der Waals surface area contributed by atoms with E-state index in [2.05, 4.69) is 9.72 Å². The number of methoxy groups -OCH3 is 1. The number of hydrogen-bond acceptors (Lipinski definition) is 3. The van der Waals surface area contributed by atoms with E-state index in [0.29, 0.717) is 6.20 Å². The molecule has 76 valence electrons. The fourth-order valence-corrected chi connectivity index (χ4v) is 0.873. The monoisotopic (exact) mass is 203 g/mol. The van der Waals surface area contributed by atoms with Gasteiger partial charge in [0.2, 0.25) is 12.1 Å². The van der Waals surface area contributed by atoms with Crippen LogP contribution in [0, 0.1) is 5.82 Å². The van der Waals surface area contributed by atoms with E-state index in [1.807, 2.05) is 0 Å². The fourth-order valence-electron chi connectivity index (χ4n) is 0.873. The van der Waals surface area contributed by atoms with Crippen molar-refractivity contribution in [3.63, 3.8) is 0 Å². The minimum absolute atomic E-state index is 0.0368. The van der Waals surface area contributed by atoms with E-state index < -0.39 is 23.5 Å². The van der Waals surface area contributed by atoms with Gasteiger partial charge in [0.05, 0.1) is 13.3 Å². The van der Waals surface area contributed by atoms with Crippen molar-refractivity contribution in [2.45, 2.75) is 6.17 Å². The van der Waals surface area contributed by atoms with E-state index in [0.717, 1.165) is 6.07 Å². The lowest BCUT2D eigenvalue weighted by Gasteiger charge is -2.06. The number of rotatable bonds is 3. The number of alkyl halides is 1. The first-order chi connectivity index (χ1) is 6.56. The Kier molecular flexibility index (Phi) is 2.95. The molecule has 1 N–H and O–H groups in total. The lowest BCUT2D eigenvalue weighted by molar-refractivity contribution is -0.143. The van der Waals surface area contributed by atoms with Gasteiger partial charge in [-0.05, 0) is 0 Å². The molecule has 1 heterocycles. The molecule has 0 aliphatic carbocycles. The largest absolute Gasteiger partial charge is 0.481 e. The minimum Gasteiger partial charge on any atom is -0.481 e. The predicted molar refractivity (Wildman–Crippen MR) is 42.2 cm³/mol. The SMILES string of the molecule is COc1cc(C(F)C(=O)O)c(F)cn1. The molecule has 1 aromatic rings. The Balaban J connectivity index is 3.11. The van der Waals surface area contributed by atoms with Gasteiger partial charge in [0.1, 0.15) is 5.82 Å². The van der Waals surface area contributed by atoms with Crippen molar-refractivity contribution >= 4 is 5.97 Å². The van der Waals surface area contributed by atoms with Gasteiger partial charge in [-0.2, -0.15) is 0 Å². The molecule has 0 aliphatic heterocycles. The van der Waals surface area contributed by atoms with Gasteiger partial charge in [-0.1, -0.05) is 0 Å². The summed E-state index contributed by atoms with van der Waals surface area (Å²) in [6.07, 6.45) is -1.70. The van der Waals surface area contributed by atoms with E-state index >= 15 is 0 Å². The van der Waals surface area contributed by atoms with Crippen LogP contribution in [0.5, 0.6) is 5.88 Å². The highest BCUT2D eigenvalue weighted by Gasteiger charge is 2.23. The molecule has 0 amide bonds. The van der Waals surface area contributed by atoms with Crippen LogP contribution in [-0.2, 0) is 4.79 Å². The van der Waals surface area contributed by atoms with Crippen LogP contribution < -0.4 is 4.74 Å². The van der Waals surface area contributed by atoms with Crippen LogP contribution >= 0.6 is 0 Å². The van der Waals surface area contributed by atoms with Crippen LogP contribution in [-0.4, -0.2) is 23.2 Å². The Morgan fingerprint density at radius 3 is 2.86 bits per heavy atom. The van der Waals surface area contributed by atoms with E-state index in [1.165, 1.54) is 7.11 Å². The van der Waals surface area contributed by atoms with Gasteiger partial charge in [-0.3, -0.25) is 0 Å². The van der Waals surface area contributed by atoms with Gasteiger partial charge in [0.25, 0.3) is 0 Å². The highest BCUT2D eigenvalue weighted by Crippen LogP contribution is 2.23. The average Bonchev–Trinajstić information content (AvgIpc) is 2.17. The first-order valence-electron chi connectivity index (χ1n) is 3.62. The second kappa shape index (κ2) is 3.99. The summed E-state index contributed by atoms with van der Waals surface area (Å²) in [6, 6.07) is 0.911. The number of carboxylic acids is 1. The minimum atomic E-state index is -2.41. The van der Waals surface area contributed by atoms with Crippen LogP contribution in [0.25, 0.3) is 0 Å². The van der Waals surface area contributed by atoms with E-state index in [9.17, 15) is 13.6 Å². The molecule has 14 heavy (non-hydrogen) atoms. The second-order valence-electron chi connectivity index (χ2n) is 2.45. The van der Waals surface area contributed by atoms with Crippen molar-refractivity contribution in [2.75, 3.05) is 7.11 Å². The first-order valence-corrected chi connectivity index (χ1v) is 3.62. The van der Waals surface area contributed by atoms with E-state index in [1.54, 1.807) is 0 Å². The van der Waals surface area contributed by atoms with Crippen molar-refractivity contribution in [1.29, 1.82) is 0 Å². The third-order valence-electron chi connectivity index (χ3n) is 1.56. The molecule has 1 atom stereocenters. The lowest BCUT2D eigenvalue weighted by atomic mass is 10.1. The molecule has 0 aliphatic rings. The molecule has 0 aromatic carbocycles. The molecule has 1 aromatic heterocycles. The number of pyridine rings is 1. The predicted octanol–water partition coefficient (Wildman–Crippen LogP) is 1.32. The fraction of sp³-hybridized carbons (Fsp3) is 0.250. The molecule has 0 radical (unpaired) electrons. The average molecular weight is 203 g/mol. The Labute approximate surface area is 78.1 Å². The number of hydrogen-bond donors (Lipinski definition) is 1. The molecule has 0 saturated carbocycles. The van der Waals surface area contributed by atoms with Gasteiger partial charge in [0, 0.05) is 11.6 Å². The summed E-state index contributed by atoms with van der Waals surface area (Å²) in [5.41, 5.74) is -0.593. The molecular formula is C8H7F2NO3. The molecule has 0 spiro atoms. The van der Waals surface area contributed by atoms with Crippen LogP contribution in [0.1, 0.15) is 11.7 Å². The summed E-state index contributed by atoms with van der Waals surface area (Å²) in [5.74, 6) is -2.80. The van der Waals surface area contributed by atoms with Crippen LogP contribution in [0.2, 0.25) is 0 Å². The van der Waals surface area contributed by atoms with Crippen LogP contribution in [0.4, 0.5) is 8.78 Å². The van der Waals surface area contributed by atoms with Crippen molar-refractivity contribution in [1.82, 2.24) is 4.98 Å². The second-order valence-corrected chi connectivity index (χ2v) is 2.45. The summed E-state index contributed by atoms with van der Waals surface area (Å²) >= 11 is 0. The van der Waals surface area contributed by atoms with Gasteiger partial charge >= 0.3 is 5.97 Å². The molecular weight excluding hydrogens is 196 g/mol. The maximum atomic E-state index is 12.9. The number of nitrogens with zero attached hydrogens (tertiary/aromatic N) is 1. The van der Waals surface area contributed by atoms with Crippen molar-refractivity contribution in [2.24, 2.45) is 0 Å². The summed E-state index contributed by atoms with van der Waals surface area (Å²) in [7, 11) is 1.26. The third-order valence-corrected chi connectivity index (χ3v) is 1.56. The number of aromatic nitrogens is 1. The summed E-state index contributed by atoms with van der Waals surface area (Å²) < 4.78 is 30.4. The highest BCUT2D eigenvalue weighted by atomic mass is 19.1. The summed E-state index contributed by atoms with van der Waals surface area (Å²) in [4.78, 5) is 13.7. The lowest BCUT2D eigenvalue weighted by Crippen LogP contribution is -2.08. The standard InChI is InChI=1S/C8H7F2NO3/c1-14-6-2-4(5(9)3-11-6)7(10)8(12)13/h2-3,7H,1H3,(H,12,13). The maximum absolute atomic E-state index is 12.9. The van der Waals surface area contributed by atoms with Crippen LogP contribution in [0.15, 0.2) is 12.3 Å². The normalized spacial score (nSPS) is 12.2. The molecule has 4 nitrogen and oxygen atoms in total. The molecule has 6 heteroatoms. The summed E-state index contributed by atoms with van der Waals surface area (Å²) in [5, 5.41) is 8.32. The summed E-state index contributed by atoms with van der Waals surface area (Å²) in [6.45, 7) is 0. The molecule has 0 fully saturated rings. The Hall–Kier alpha value is -1.72. The zero-order chi connectivity index (χ0) is 10.7. The molecule has 0 saturated heterocycles. The van der Waals surface area contributed by atoms with E-state index in [4.69, 9.17) is 5.11 Å². The number of carboxylic acid groups (broad SMARTS) is 1. The Morgan fingerprint density at radius 1 is 1.71 bits per heavy atom. The molecule has 0 bridgehead atoms. The van der Waals surface area contributed by atoms with Gasteiger partial charge in [-0.25, -0.2) is 18.6 Å². The van der Waals surface area contributed by atoms with E-state index in [-0.39, 0.29) is 5.88 Å². The van der Waals surface area contributed by atoms with Crippen molar-refractivity contribution in [3.05, 3.63) is 23.6 Å². The van der Waals surface area contributed by atoms with Gasteiger partial charge in [0.15, 0.2) is 0 Å². The van der Waals surface area contributed by atoms with Gasteiger partial charge in [-0.15, -0.1) is 0 Å². The molecule has 1 rings (SSSR count). The number of halogens is 2. The smallest absolute Gasteiger partial charge is 0.343 e. The third kappa shape index (κ3) is 1.95.